The molecule has 0 saturated carbocycles. The Morgan fingerprint density at radius 3 is 2.46 bits per heavy atom. The highest BCUT2D eigenvalue weighted by Gasteiger charge is 2.09. The first-order valence-corrected chi connectivity index (χ1v) is 4.53. The first kappa shape index (κ1) is 10.2. The third-order valence-electron chi connectivity index (χ3n) is 2.48. The molecule has 0 bridgehead atoms. The Balaban J connectivity index is 3.20. The van der Waals surface area contributed by atoms with E-state index in [1.54, 1.807) is 0 Å². The van der Waals surface area contributed by atoms with Crippen LogP contribution in [0.2, 0.25) is 0 Å². The van der Waals surface area contributed by atoms with Crippen molar-refractivity contribution in [1.82, 2.24) is 0 Å². The highest BCUT2D eigenvalue weighted by atomic mass is 19.1. The van der Waals surface area contributed by atoms with Crippen LogP contribution in [-0.2, 0) is 0 Å². The van der Waals surface area contributed by atoms with Gasteiger partial charge >= 0.3 is 0 Å². The van der Waals surface area contributed by atoms with Gasteiger partial charge in [-0.1, -0.05) is 17.7 Å². The van der Waals surface area contributed by atoms with E-state index in [4.69, 9.17) is 0 Å². The molecular formula is C12H16F. The van der Waals surface area contributed by atoms with Crippen molar-refractivity contribution in [3.63, 3.8) is 0 Å². The smallest absolute Gasteiger partial charge is 0.0963 e. The van der Waals surface area contributed by atoms with Crippen molar-refractivity contribution in [1.29, 1.82) is 0 Å². The van der Waals surface area contributed by atoms with Gasteiger partial charge in [-0.05, 0) is 44.4 Å². The molecule has 1 unspecified atom stereocenters. The van der Waals surface area contributed by atoms with Gasteiger partial charge in [0.2, 0.25) is 0 Å². The van der Waals surface area contributed by atoms with E-state index in [9.17, 15) is 4.39 Å². The van der Waals surface area contributed by atoms with Crippen LogP contribution in [0.25, 0.3) is 0 Å². The van der Waals surface area contributed by atoms with E-state index >= 15 is 0 Å². The quantitative estimate of drug-likeness (QED) is 0.651. The SMILES string of the molecule is [CH2]C(CF)c1cc(C)cc(C)c1C. The van der Waals surface area contributed by atoms with Crippen LogP contribution in [0.3, 0.4) is 0 Å². The summed E-state index contributed by atoms with van der Waals surface area (Å²) in [6.45, 7) is 9.52. The monoisotopic (exact) mass is 179 g/mol. The van der Waals surface area contributed by atoms with Crippen LogP contribution < -0.4 is 0 Å². The molecule has 0 spiro atoms. The fourth-order valence-corrected chi connectivity index (χ4v) is 1.58. The Kier molecular flexibility index (Phi) is 3.07. The van der Waals surface area contributed by atoms with Gasteiger partial charge in [-0.15, -0.1) is 0 Å². The van der Waals surface area contributed by atoms with Gasteiger partial charge in [0.05, 0.1) is 6.67 Å². The van der Waals surface area contributed by atoms with Crippen molar-refractivity contribution in [2.45, 2.75) is 26.7 Å². The van der Waals surface area contributed by atoms with Crippen LogP contribution in [0.15, 0.2) is 12.1 Å². The van der Waals surface area contributed by atoms with E-state index in [0.29, 0.717) is 0 Å². The van der Waals surface area contributed by atoms with E-state index < -0.39 is 0 Å². The lowest BCUT2D eigenvalue weighted by Crippen LogP contribution is -2.01. The number of halogens is 1. The first-order valence-electron chi connectivity index (χ1n) is 4.53. The van der Waals surface area contributed by atoms with Gasteiger partial charge < -0.3 is 0 Å². The first-order chi connectivity index (χ1) is 6.06. The Morgan fingerprint density at radius 1 is 1.31 bits per heavy atom. The maximum atomic E-state index is 12.5. The Bertz CT molecular complexity index is 302. The van der Waals surface area contributed by atoms with Crippen LogP contribution in [0.1, 0.15) is 28.2 Å². The predicted molar refractivity (Wildman–Crippen MR) is 54.7 cm³/mol. The molecule has 1 radical (unpaired) electrons. The second-order valence-corrected chi connectivity index (χ2v) is 3.65. The summed E-state index contributed by atoms with van der Waals surface area (Å²) in [7, 11) is 0. The molecule has 1 aromatic rings. The zero-order chi connectivity index (χ0) is 10.0. The van der Waals surface area contributed by atoms with Crippen LogP contribution >= 0.6 is 0 Å². The molecule has 1 aromatic carbocycles. The molecule has 1 atom stereocenters. The average Bonchev–Trinajstić information content (AvgIpc) is 2.10. The average molecular weight is 179 g/mol. The molecule has 0 aliphatic heterocycles. The molecular weight excluding hydrogens is 163 g/mol. The van der Waals surface area contributed by atoms with Crippen molar-refractivity contribution in [3.05, 3.63) is 41.3 Å². The molecule has 1 heteroatoms. The lowest BCUT2D eigenvalue weighted by molar-refractivity contribution is 0.464. The summed E-state index contributed by atoms with van der Waals surface area (Å²) in [5.41, 5.74) is 4.61. The molecule has 0 aliphatic rings. The third-order valence-corrected chi connectivity index (χ3v) is 2.48. The van der Waals surface area contributed by atoms with Crippen LogP contribution in [0, 0.1) is 27.7 Å². The molecule has 1 rings (SSSR count). The minimum Gasteiger partial charge on any atom is -0.250 e. The molecule has 0 saturated heterocycles. The number of hydrogen-bond donors (Lipinski definition) is 0. The largest absolute Gasteiger partial charge is 0.250 e. The van der Waals surface area contributed by atoms with E-state index in [0.717, 1.165) is 5.56 Å². The van der Waals surface area contributed by atoms with E-state index in [-0.39, 0.29) is 12.6 Å². The standard InChI is InChI=1S/C12H16F/c1-8-5-9(2)11(4)12(6-8)10(3)7-13/h5-6,10H,3,7H2,1-2,4H3. The van der Waals surface area contributed by atoms with Gasteiger partial charge in [0.15, 0.2) is 0 Å². The van der Waals surface area contributed by atoms with Crippen molar-refractivity contribution < 1.29 is 4.39 Å². The zero-order valence-corrected chi connectivity index (χ0v) is 8.52. The number of rotatable bonds is 2. The predicted octanol–water partition coefficient (Wildman–Crippen LogP) is 3.50. The maximum Gasteiger partial charge on any atom is 0.0963 e. The van der Waals surface area contributed by atoms with Gasteiger partial charge in [0.1, 0.15) is 0 Å². The number of aryl methyl sites for hydroxylation is 2. The number of hydrogen-bond acceptors (Lipinski definition) is 0. The fraction of sp³-hybridized carbons (Fsp3) is 0.417. The fourth-order valence-electron chi connectivity index (χ4n) is 1.58. The maximum absolute atomic E-state index is 12.5. The Labute approximate surface area is 79.8 Å². The lowest BCUT2D eigenvalue weighted by Gasteiger charge is -2.14. The Hall–Kier alpha value is -0.850. The van der Waals surface area contributed by atoms with E-state index in [2.05, 4.69) is 19.9 Å². The van der Waals surface area contributed by atoms with E-state index in [1.807, 2.05) is 19.9 Å². The van der Waals surface area contributed by atoms with Crippen molar-refractivity contribution >= 4 is 0 Å². The second kappa shape index (κ2) is 3.91. The molecule has 0 amide bonds. The molecule has 0 aromatic heterocycles. The van der Waals surface area contributed by atoms with Gasteiger partial charge in [0, 0.05) is 5.92 Å². The normalized spacial score (nSPS) is 13.0. The summed E-state index contributed by atoms with van der Waals surface area (Å²) in [6.07, 6.45) is 0. The topological polar surface area (TPSA) is 0 Å². The minimum absolute atomic E-state index is 0.224. The summed E-state index contributed by atoms with van der Waals surface area (Å²) in [5.74, 6) is -0.224. The lowest BCUT2D eigenvalue weighted by atomic mass is 9.92. The van der Waals surface area contributed by atoms with Crippen molar-refractivity contribution in [2.75, 3.05) is 6.67 Å². The van der Waals surface area contributed by atoms with Gasteiger partial charge in [0.25, 0.3) is 0 Å². The molecule has 71 valence electrons. The van der Waals surface area contributed by atoms with Gasteiger partial charge in [-0.2, -0.15) is 0 Å². The van der Waals surface area contributed by atoms with Crippen LogP contribution in [0.4, 0.5) is 4.39 Å². The van der Waals surface area contributed by atoms with Crippen molar-refractivity contribution in [2.24, 2.45) is 0 Å². The van der Waals surface area contributed by atoms with Gasteiger partial charge in [-0.25, -0.2) is 0 Å². The number of alkyl halides is 1. The third kappa shape index (κ3) is 2.09. The molecule has 0 nitrogen and oxygen atoms in total. The summed E-state index contributed by atoms with van der Waals surface area (Å²) in [5, 5.41) is 0. The molecule has 13 heavy (non-hydrogen) atoms. The molecule has 0 N–H and O–H groups in total. The van der Waals surface area contributed by atoms with Crippen molar-refractivity contribution in [3.8, 4) is 0 Å². The highest BCUT2D eigenvalue weighted by molar-refractivity contribution is 5.39. The summed E-state index contributed by atoms with van der Waals surface area (Å²) < 4.78 is 12.5. The highest BCUT2D eigenvalue weighted by Crippen LogP contribution is 2.23. The molecule has 0 fully saturated rings. The summed E-state index contributed by atoms with van der Waals surface area (Å²) >= 11 is 0. The molecule has 0 heterocycles. The summed E-state index contributed by atoms with van der Waals surface area (Å²) in [4.78, 5) is 0. The second-order valence-electron chi connectivity index (χ2n) is 3.65. The Morgan fingerprint density at radius 2 is 1.92 bits per heavy atom. The molecule has 0 aliphatic carbocycles. The van der Waals surface area contributed by atoms with Crippen LogP contribution in [-0.4, -0.2) is 6.67 Å². The number of benzene rings is 1. The summed E-state index contributed by atoms with van der Waals surface area (Å²) in [6, 6.07) is 4.14. The zero-order valence-electron chi connectivity index (χ0n) is 8.52. The van der Waals surface area contributed by atoms with Crippen LogP contribution in [0.5, 0.6) is 0 Å². The minimum atomic E-state index is -0.385. The van der Waals surface area contributed by atoms with Gasteiger partial charge in [-0.3, -0.25) is 4.39 Å². The van der Waals surface area contributed by atoms with E-state index in [1.165, 1.54) is 16.7 Å².